The molecule has 0 aliphatic carbocycles. The summed E-state index contributed by atoms with van der Waals surface area (Å²) in [6, 6.07) is 18.7. The van der Waals surface area contributed by atoms with E-state index in [4.69, 9.17) is 0 Å². The van der Waals surface area contributed by atoms with E-state index < -0.39 is 0 Å². The molecule has 0 fully saturated rings. The van der Waals surface area contributed by atoms with Crippen molar-refractivity contribution < 1.29 is 9.59 Å². The first kappa shape index (κ1) is 18.5. The van der Waals surface area contributed by atoms with Gasteiger partial charge in [0, 0.05) is 28.6 Å². The SMILES string of the molecule is CC(C)(C)c1cccc(NC(=O)c2ccc(-c3ccc(C=O)cn3)cc2)c1. The number of amides is 1. The number of pyridine rings is 1. The lowest BCUT2D eigenvalue weighted by atomic mass is 9.87. The molecule has 136 valence electrons. The Kier molecular flexibility index (Phi) is 5.17. The average molecular weight is 358 g/mol. The first-order valence-electron chi connectivity index (χ1n) is 8.80. The van der Waals surface area contributed by atoms with Crippen LogP contribution in [0, 0.1) is 0 Å². The van der Waals surface area contributed by atoms with Gasteiger partial charge in [-0.3, -0.25) is 14.6 Å². The predicted octanol–water partition coefficient (Wildman–Crippen LogP) is 5.11. The number of rotatable bonds is 4. The molecule has 3 rings (SSSR count). The molecule has 0 aliphatic rings. The van der Waals surface area contributed by atoms with Crippen molar-refractivity contribution in [2.45, 2.75) is 26.2 Å². The molecule has 4 heteroatoms. The van der Waals surface area contributed by atoms with Crippen LogP contribution in [0.2, 0.25) is 0 Å². The third-order valence-corrected chi connectivity index (χ3v) is 4.35. The fourth-order valence-corrected chi connectivity index (χ4v) is 2.70. The van der Waals surface area contributed by atoms with E-state index in [1.807, 2.05) is 30.3 Å². The molecule has 0 bridgehead atoms. The van der Waals surface area contributed by atoms with Crippen molar-refractivity contribution in [3.63, 3.8) is 0 Å². The Morgan fingerprint density at radius 1 is 1.00 bits per heavy atom. The third-order valence-electron chi connectivity index (χ3n) is 4.35. The highest BCUT2D eigenvalue weighted by Gasteiger charge is 2.14. The molecule has 4 nitrogen and oxygen atoms in total. The van der Waals surface area contributed by atoms with Crippen LogP contribution in [0.15, 0.2) is 66.9 Å². The van der Waals surface area contributed by atoms with E-state index in [9.17, 15) is 9.59 Å². The Balaban J connectivity index is 1.75. The van der Waals surface area contributed by atoms with Crippen LogP contribution in [-0.4, -0.2) is 17.2 Å². The largest absolute Gasteiger partial charge is 0.322 e. The quantitative estimate of drug-likeness (QED) is 0.659. The Morgan fingerprint density at radius 3 is 2.33 bits per heavy atom. The number of nitrogens with one attached hydrogen (secondary N) is 1. The number of hydrogen-bond acceptors (Lipinski definition) is 3. The Bertz CT molecular complexity index is 953. The van der Waals surface area contributed by atoms with Crippen molar-refractivity contribution in [1.29, 1.82) is 0 Å². The van der Waals surface area contributed by atoms with Gasteiger partial charge in [-0.1, -0.05) is 45.0 Å². The van der Waals surface area contributed by atoms with Crippen LogP contribution in [0.25, 0.3) is 11.3 Å². The molecular weight excluding hydrogens is 336 g/mol. The highest BCUT2D eigenvalue weighted by Crippen LogP contribution is 2.25. The maximum absolute atomic E-state index is 12.5. The van der Waals surface area contributed by atoms with Gasteiger partial charge in [0.15, 0.2) is 6.29 Å². The number of nitrogens with zero attached hydrogens (tertiary/aromatic N) is 1. The molecule has 1 N–H and O–H groups in total. The lowest BCUT2D eigenvalue weighted by Gasteiger charge is -2.19. The number of aromatic nitrogens is 1. The van der Waals surface area contributed by atoms with Crippen molar-refractivity contribution in [1.82, 2.24) is 4.98 Å². The molecule has 0 radical (unpaired) electrons. The molecule has 1 aromatic heterocycles. The molecule has 3 aromatic rings. The van der Waals surface area contributed by atoms with Crippen molar-refractivity contribution in [3.05, 3.63) is 83.6 Å². The van der Waals surface area contributed by atoms with E-state index in [0.717, 1.165) is 23.2 Å². The number of anilines is 1. The molecule has 1 amide bonds. The minimum Gasteiger partial charge on any atom is -0.322 e. The Labute approximate surface area is 159 Å². The number of hydrogen-bond donors (Lipinski definition) is 1. The number of benzene rings is 2. The van der Waals surface area contributed by atoms with E-state index in [1.165, 1.54) is 11.8 Å². The molecule has 0 saturated carbocycles. The van der Waals surface area contributed by atoms with E-state index >= 15 is 0 Å². The number of aldehydes is 1. The van der Waals surface area contributed by atoms with Crippen molar-refractivity contribution in [2.24, 2.45) is 0 Å². The summed E-state index contributed by atoms with van der Waals surface area (Å²) in [5.74, 6) is -0.156. The van der Waals surface area contributed by atoms with Gasteiger partial charge in [-0.2, -0.15) is 0 Å². The maximum Gasteiger partial charge on any atom is 0.255 e. The third kappa shape index (κ3) is 4.47. The summed E-state index contributed by atoms with van der Waals surface area (Å²) in [7, 11) is 0. The van der Waals surface area contributed by atoms with Gasteiger partial charge >= 0.3 is 0 Å². The molecule has 0 spiro atoms. The van der Waals surface area contributed by atoms with Crippen LogP contribution in [-0.2, 0) is 5.41 Å². The average Bonchev–Trinajstić information content (AvgIpc) is 2.68. The van der Waals surface area contributed by atoms with Crippen LogP contribution >= 0.6 is 0 Å². The second kappa shape index (κ2) is 7.54. The zero-order valence-corrected chi connectivity index (χ0v) is 15.7. The molecule has 27 heavy (non-hydrogen) atoms. The standard InChI is InChI=1S/C23H22N2O2/c1-23(2,3)19-5-4-6-20(13-19)25-22(27)18-10-8-17(9-11-18)21-12-7-16(15-26)14-24-21/h4-15H,1-3H3,(H,25,27). The van der Waals surface area contributed by atoms with Crippen LogP contribution in [0.1, 0.15) is 47.1 Å². The fourth-order valence-electron chi connectivity index (χ4n) is 2.70. The summed E-state index contributed by atoms with van der Waals surface area (Å²) < 4.78 is 0. The Hall–Kier alpha value is -3.27. The lowest BCUT2D eigenvalue weighted by molar-refractivity contribution is 0.102. The number of carbonyl (C=O) groups is 2. The summed E-state index contributed by atoms with van der Waals surface area (Å²) in [4.78, 5) is 27.5. The highest BCUT2D eigenvalue weighted by molar-refractivity contribution is 6.04. The number of carbonyl (C=O) groups excluding carboxylic acids is 2. The summed E-state index contributed by atoms with van der Waals surface area (Å²) in [5, 5.41) is 2.95. The zero-order chi connectivity index (χ0) is 19.4. The first-order chi connectivity index (χ1) is 12.9. The summed E-state index contributed by atoms with van der Waals surface area (Å²) >= 11 is 0. The van der Waals surface area contributed by atoms with E-state index in [-0.39, 0.29) is 11.3 Å². The van der Waals surface area contributed by atoms with Gasteiger partial charge < -0.3 is 5.32 Å². The van der Waals surface area contributed by atoms with Crippen LogP contribution in [0.4, 0.5) is 5.69 Å². The molecule has 0 unspecified atom stereocenters. The van der Waals surface area contributed by atoms with Gasteiger partial charge in [0.2, 0.25) is 0 Å². The topological polar surface area (TPSA) is 59.1 Å². The predicted molar refractivity (Wildman–Crippen MR) is 108 cm³/mol. The van der Waals surface area contributed by atoms with Crippen molar-refractivity contribution in [3.8, 4) is 11.3 Å². The second-order valence-electron chi connectivity index (χ2n) is 7.46. The van der Waals surface area contributed by atoms with Crippen molar-refractivity contribution >= 4 is 17.9 Å². The molecule has 1 heterocycles. The summed E-state index contributed by atoms with van der Waals surface area (Å²) in [6.07, 6.45) is 2.30. The minimum atomic E-state index is -0.156. The van der Waals surface area contributed by atoms with Crippen molar-refractivity contribution in [2.75, 3.05) is 5.32 Å². The smallest absolute Gasteiger partial charge is 0.255 e. The second-order valence-corrected chi connectivity index (χ2v) is 7.46. The molecule has 0 atom stereocenters. The normalized spacial score (nSPS) is 11.1. The van der Waals surface area contributed by atoms with Gasteiger partial charge in [0.05, 0.1) is 5.69 Å². The van der Waals surface area contributed by atoms with Crippen LogP contribution in [0.5, 0.6) is 0 Å². The Morgan fingerprint density at radius 2 is 1.74 bits per heavy atom. The molecule has 2 aromatic carbocycles. The zero-order valence-electron chi connectivity index (χ0n) is 15.7. The van der Waals surface area contributed by atoms with Gasteiger partial charge in [-0.15, -0.1) is 0 Å². The van der Waals surface area contributed by atoms with Gasteiger partial charge in [0.1, 0.15) is 0 Å². The van der Waals surface area contributed by atoms with E-state index in [2.05, 4.69) is 37.1 Å². The molecule has 0 saturated heterocycles. The van der Waals surface area contributed by atoms with Crippen LogP contribution in [0.3, 0.4) is 0 Å². The minimum absolute atomic E-state index is 0.0226. The summed E-state index contributed by atoms with van der Waals surface area (Å²) in [6.45, 7) is 6.42. The summed E-state index contributed by atoms with van der Waals surface area (Å²) in [5.41, 5.74) is 4.72. The van der Waals surface area contributed by atoms with Gasteiger partial charge in [-0.05, 0) is 47.4 Å². The van der Waals surface area contributed by atoms with Gasteiger partial charge in [0.25, 0.3) is 5.91 Å². The van der Waals surface area contributed by atoms with E-state index in [0.29, 0.717) is 11.1 Å². The maximum atomic E-state index is 12.5. The molecular formula is C23H22N2O2. The van der Waals surface area contributed by atoms with E-state index in [1.54, 1.807) is 24.3 Å². The van der Waals surface area contributed by atoms with Crippen LogP contribution < -0.4 is 5.32 Å². The lowest BCUT2D eigenvalue weighted by Crippen LogP contribution is -2.14. The monoisotopic (exact) mass is 358 g/mol. The first-order valence-corrected chi connectivity index (χ1v) is 8.80. The highest BCUT2D eigenvalue weighted by atomic mass is 16.1. The molecule has 0 aliphatic heterocycles. The fraction of sp³-hybridized carbons (Fsp3) is 0.174. The van der Waals surface area contributed by atoms with Gasteiger partial charge in [-0.25, -0.2) is 0 Å².